The van der Waals surface area contributed by atoms with Crippen LogP contribution in [0.5, 0.6) is 0 Å². The van der Waals surface area contributed by atoms with E-state index in [2.05, 4.69) is 25.6 Å². The van der Waals surface area contributed by atoms with Crippen LogP contribution in [0.3, 0.4) is 0 Å². The number of carbonyl (C=O) groups excluding carboxylic acids is 2. The van der Waals surface area contributed by atoms with E-state index < -0.39 is 0 Å². The van der Waals surface area contributed by atoms with Crippen molar-refractivity contribution in [2.45, 2.75) is 27.7 Å². The molecule has 7 nitrogen and oxygen atoms in total. The van der Waals surface area contributed by atoms with E-state index in [0.717, 1.165) is 25.3 Å². The first-order valence-corrected chi connectivity index (χ1v) is 6.42. The van der Waals surface area contributed by atoms with Crippen molar-refractivity contribution in [3.05, 3.63) is 0 Å². The van der Waals surface area contributed by atoms with E-state index in [4.69, 9.17) is 25.1 Å². The first kappa shape index (κ1) is 70.5. The van der Waals surface area contributed by atoms with Gasteiger partial charge in [0.25, 0.3) is 6.47 Å². The van der Waals surface area contributed by atoms with Gasteiger partial charge in [0.2, 0.25) is 0 Å². The number of hydrogen-bond acceptors (Lipinski definition) is 7. The number of aliphatic hydroxyl groups is 2. The fourth-order valence-electron chi connectivity index (χ4n) is 0. The Labute approximate surface area is 278 Å². The summed E-state index contributed by atoms with van der Waals surface area (Å²) in [6.07, 6.45) is 0.750. The van der Waals surface area contributed by atoms with Gasteiger partial charge in [0, 0.05) is 41.2 Å². The molecule has 0 aromatic carbocycles. The minimum Gasteiger partial charge on any atom is -1.00 e. The molecular weight excluding hydrogens is 516 g/mol. The Morgan fingerprint density at radius 2 is 1.25 bits per heavy atom. The average molecular weight is 547 g/mol. The van der Waals surface area contributed by atoms with E-state index in [1.165, 1.54) is 6.92 Å². The van der Waals surface area contributed by atoms with Crippen molar-refractivity contribution in [1.29, 1.82) is 0 Å². The van der Waals surface area contributed by atoms with Crippen LogP contribution in [0.15, 0.2) is 0 Å². The second-order valence-electron chi connectivity index (χ2n) is 1.59. The van der Waals surface area contributed by atoms with Crippen LogP contribution < -0.4 is 138 Å². The molecule has 3 radical (unpaired) electrons. The van der Waals surface area contributed by atoms with Crippen LogP contribution in [0.4, 0.5) is 0 Å². The molecule has 0 aliphatic carbocycles. The van der Waals surface area contributed by atoms with Crippen LogP contribution >= 0.6 is 32.9 Å². The molecule has 0 atom stereocenters. The molecule has 2 N–H and O–H groups in total. The van der Waals surface area contributed by atoms with Gasteiger partial charge in [-0.2, -0.15) is 0 Å². The second kappa shape index (κ2) is 148. The van der Waals surface area contributed by atoms with Gasteiger partial charge >= 0.3 is 132 Å². The topological polar surface area (TPSA) is 116 Å². The van der Waals surface area contributed by atoms with Gasteiger partial charge in [-0.05, 0) is 20.8 Å². The van der Waals surface area contributed by atoms with Gasteiger partial charge in [-0.1, -0.05) is 22.9 Å². The molecule has 0 aliphatic rings. The van der Waals surface area contributed by atoms with Gasteiger partial charge in [-0.3, -0.25) is 4.79 Å². The summed E-state index contributed by atoms with van der Waals surface area (Å²) >= 11 is 3.15. The number of ether oxygens (including phenoxy) is 1. The quantitative estimate of drug-likeness (QED) is 0.116. The molecule has 0 heterocycles. The summed E-state index contributed by atoms with van der Waals surface area (Å²) in [5.41, 5.74) is 0. The zero-order valence-electron chi connectivity index (χ0n) is 18.6. The maximum absolute atomic E-state index is 8.81. The number of carbonyl (C=O) groups is 2. The Morgan fingerprint density at radius 3 is 1.25 bits per heavy atom. The Morgan fingerprint density at radius 1 is 1.17 bits per heavy atom. The Hall–Kier alpha value is 4.28. The monoisotopic (exact) mass is 545 g/mol. The molecule has 0 aromatic rings. The van der Waals surface area contributed by atoms with E-state index in [1.54, 1.807) is 14.0 Å². The Kier molecular flexibility index (Phi) is 435. The molecule has 0 aliphatic heterocycles. The third-order valence-electron chi connectivity index (χ3n) is 0.328. The fourth-order valence-corrected chi connectivity index (χ4v) is 0. The van der Waals surface area contributed by atoms with Crippen LogP contribution in [0.1, 0.15) is 30.5 Å². The summed E-state index contributed by atoms with van der Waals surface area (Å²) in [6.45, 7) is 8.01. The van der Waals surface area contributed by atoms with Crippen molar-refractivity contribution < 1.29 is 170 Å². The summed E-state index contributed by atoms with van der Waals surface area (Å²) in [4.78, 5) is 20.1. The van der Waals surface area contributed by atoms with E-state index in [1.807, 2.05) is 13.8 Å². The van der Waals surface area contributed by atoms with Crippen LogP contribution in [0.2, 0.25) is 0 Å². The molecular formula is C11H31BBr2K2NaO7. The number of alkyl halides is 1. The number of aliphatic hydroxyl groups excluding tert-OH is 2. The first-order valence-electron chi connectivity index (χ1n) is 5.30. The van der Waals surface area contributed by atoms with E-state index >= 15 is 0 Å². The minimum atomic E-state index is -0.181. The molecule has 0 bridgehead atoms. The number of methoxy groups -OCH3 is 1. The van der Waals surface area contributed by atoms with Gasteiger partial charge in [-0.25, -0.2) is 0 Å². The van der Waals surface area contributed by atoms with Crippen molar-refractivity contribution >= 4 is 54.1 Å². The molecule has 0 amide bonds. The number of rotatable bonds is 2. The zero-order valence-corrected chi connectivity index (χ0v) is 28.1. The molecule has 0 rings (SSSR count). The van der Waals surface area contributed by atoms with Crippen LogP contribution in [-0.2, 0) is 19.2 Å². The van der Waals surface area contributed by atoms with Gasteiger partial charge in [0.1, 0.15) is 6.29 Å². The van der Waals surface area contributed by atoms with Crippen molar-refractivity contribution in [2.75, 3.05) is 32.8 Å². The SMILES string of the molecule is Br.CC=O.CCBr.CCO.CCOC.CO.O=CO[O-].[B].[H-].[H-].[K+].[K+].[Na+]. The summed E-state index contributed by atoms with van der Waals surface area (Å²) in [5.74, 6) is 0. The number of aldehydes is 1. The third-order valence-corrected chi connectivity index (χ3v) is 0.328. The van der Waals surface area contributed by atoms with E-state index in [9.17, 15) is 0 Å². The molecule has 0 unspecified atom stereocenters. The average Bonchev–Trinajstić information content (AvgIpc) is 2.43. The molecule has 24 heavy (non-hydrogen) atoms. The third kappa shape index (κ3) is 426. The van der Waals surface area contributed by atoms with Crippen LogP contribution in [0, 0.1) is 0 Å². The fraction of sp³-hybridized carbons (Fsp3) is 0.818. The standard InChI is InChI=1S/C3H8O.C2H5Br.C2H6O.C2H4O.CH2O3.CH4O.B.BrH.2K.Na.2H/c1-3-4-2;3*1-2-3;2-1-4-3;1-2;;;;;;;/h3H2,1-2H3;2H2,1H3;3H,2H2,1H3;2H,1H3;1,3H;2H,1H3;;1H;;;;;/q;;;;;;;;3*+1;2*-1/p-1. The molecule has 13 heteroatoms. The largest absolute Gasteiger partial charge is 1.00 e. The van der Waals surface area contributed by atoms with Crippen molar-refractivity contribution in [3.8, 4) is 0 Å². The minimum absolute atomic E-state index is 0. The molecule has 0 fully saturated rings. The maximum Gasteiger partial charge on any atom is 1.00 e. The smallest absolute Gasteiger partial charge is 1.00 e. The Balaban J connectivity index is -0.00000000680. The molecule has 137 valence electrons. The van der Waals surface area contributed by atoms with Gasteiger partial charge in [0.15, 0.2) is 0 Å². The first-order chi connectivity index (χ1) is 9.07. The van der Waals surface area contributed by atoms with Crippen molar-refractivity contribution in [1.82, 2.24) is 0 Å². The summed E-state index contributed by atoms with van der Waals surface area (Å²) in [6, 6.07) is 0. The molecule has 0 aromatic heterocycles. The molecule has 0 saturated carbocycles. The normalized spacial score (nSPS) is 4.42. The van der Waals surface area contributed by atoms with E-state index in [0.29, 0.717) is 0 Å². The second-order valence-corrected chi connectivity index (χ2v) is 2.71. The van der Waals surface area contributed by atoms with Gasteiger partial charge < -0.3 is 32.7 Å². The summed E-state index contributed by atoms with van der Waals surface area (Å²) in [7, 11) is 2.68. The molecule has 0 spiro atoms. The van der Waals surface area contributed by atoms with Gasteiger partial charge in [0.05, 0.1) is 0 Å². The van der Waals surface area contributed by atoms with Crippen LogP contribution in [-0.4, -0.2) is 64.1 Å². The summed E-state index contributed by atoms with van der Waals surface area (Å²) < 4.78 is 4.54. The summed E-state index contributed by atoms with van der Waals surface area (Å²) in [5, 5.41) is 24.1. The predicted octanol–water partition coefficient (Wildman–Crippen LogP) is -8.27. The van der Waals surface area contributed by atoms with Crippen molar-refractivity contribution in [3.63, 3.8) is 0 Å². The molecule has 0 saturated heterocycles. The predicted molar refractivity (Wildman–Crippen MR) is 95.1 cm³/mol. The van der Waals surface area contributed by atoms with Crippen LogP contribution in [0.25, 0.3) is 0 Å². The zero-order chi connectivity index (χ0) is 16.9. The van der Waals surface area contributed by atoms with Crippen molar-refractivity contribution in [2.24, 2.45) is 0 Å². The van der Waals surface area contributed by atoms with E-state index in [-0.39, 0.29) is 174 Å². The number of hydrogen-bond donors (Lipinski definition) is 2. The number of halogens is 2. The maximum atomic E-state index is 8.81. The van der Waals surface area contributed by atoms with Gasteiger partial charge in [-0.15, -0.1) is 17.0 Å². The Bertz CT molecular complexity index is 127.